The summed E-state index contributed by atoms with van der Waals surface area (Å²) in [6.45, 7) is 0. The van der Waals surface area contributed by atoms with Crippen molar-refractivity contribution in [1.82, 2.24) is 4.98 Å². The number of hydrogen-bond donors (Lipinski definition) is 1. The van der Waals surface area contributed by atoms with Gasteiger partial charge in [0.2, 0.25) is 0 Å². The molecular weight excluding hydrogens is 205 g/mol. The number of H-pyrrole nitrogens is 1. The van der Waals surface area contributed by atoms with Gasteiger partial charge in [-0.3, -0.25) is 4.79 Å². The number of carbonyl (C=O) groups excluding carboxylic acids is 1. The van der Waals surface area contributed by atoms with Gasteiger partial charge in [0.05, 0.1) is 5.69 Å². The summed E-state index contributed by atoms with van der Waals surface area (Å²) in [4.78, 5) is 14.9. The molecule has 2 aromatic rings. The Morgan fingerprint density at radius 2 is 2.00 bits per heavy atom. The summed E-state index contributed by atoms with van der Waals surface area (Å²) >= 11 is 0. The average molecular weight is 217 g/mol. The molecule has 0 aliphatic heterocycles. The molecule has 2 nitrogen and oxygen atoms in total. The van der Waals surface area contributed by atoms with Crippen LogP contribution in [0.1, 0.15) is 35.3 Å². The first-order valence-corrected chi connectivity index (χ1v) is 5.59. The lowest BCUT2D eigenvalue weighted by Gasteiger charge is -1.98. The fraction of sp³-hybridized carbons (Fsp3) is 0.308. The van der Waals surface area contributed by atoms with Crippen LogP contribution in [0.4, 0.5) is 4.39 Å². The maximum Gasteiger partial charge on any atom is 0.179 e. The van der Waals surface area contributed by atoms with Crippen LogP contribution in [0.5, 0.6) is 0 Å². The zero-order chi connectivity index (χ0) is 11.1. The minimum absolute atomic E-state index is 0.114. The largest absolute Gasteiger partial charge is 0.352 e. The quantitative estimate of drug-likeness (QED) is 0.675. The number of aryl methyl sites for hydroxylation is 1. The number of benzene rings is 1. The molecule has 0 saturated heterocycles. The Kier molecular flexibility index (Phi) is 2.06. The van der Waals surface area contributed by atoms with Crippen LogP contribution in [0, 0.1) is 5.82 Å². The fourth-order valence-corrected chi connectivity index (χ4v) is 2.47. The molecule has 0 bridgehead atoms. The Morgan fingerprint density at radius 3 is 2.88 bits per heavy atom. The summed E-state index contributed by atoms with van der Waals surface area (Å²) in [7, 11) is 0. The first kappa shape index (κ1) is 9.58. The normalized spacial score (nSPS) is 16.2. The first-order valence-electron chi connectivity index (χ1n) is 5.59. The Hall–Kier alpha value is -1.64. The highest BCUT2D eigenvalue weighted by Crippen LogP contribution is 2.29. The third kappa shape index (κ3) is 1.28. The van der Waals surface area contributed by atoms with E-state index < -0.39 is 0 Å². The predicted octanol–water partition coefficient (Wildman–Crippen LogP) is 3.22. The molecule has 82 valence electrons. The summed E-state index contributed by atoms with van der Waals surface area (Å²) in [6, 6.07) is 4.93. The summed E-state index contributed by atoms with van der Waals surface area (Å²) in [5, 5.41) is 0.604. The Morgan fingerprint density at radius 1 is 1.19 bits per heavy atom. The van der Waals surface area contributed by atoms with Gasteiger partial charge in [0, 0.05) is 17.3 Å². The number of ketones is 1. The molecule has 1 aromatic heterocycles. The summed E-state index contributed by atoms with van der Waals surface area (Å²) in [5.41, 5.74) is 2.23. The summed E-state index contributed by atoms with van der Waals surface area (Å²) < 4.78 is 13.7. The molecule has 0 amide bonds. The number of carbonyl (C=O) groups is 1. The topological polar surface area (TPSA) is 32.9 Å². The van der Waals surface area contributed by atoms with E-state index in [0.717, 1.165) is 30.3 Å². The Balaban J connectivity index is 2.35. The van der Waals surface area contributed by atoms with Gasteiger partial charge in [0.25, 0.3) is 0 Å². The van der Waals surface area contributed by atoms with Crippen molar-refractivity contribution in [2.75, 3.05) is 0 Å². The van der Waals surface area contributed by atoms with E-state index in [2.05, 4.69) is 4.98 Å². The van der Waals surface area contributed by atoms with E-state index in [1.807, 2.05) is 6.07 Å². The van der Waals surface area contributed by atoms with Crippen molar-refractivity contribution in [3.8, 4) is 0 Å². The standard InChI is InChI=1S/C13H12FNO/c14-9-5-3-6-10-12(9)8-4-1-2-7-11(16)13(8)15-10/h3,5-6,15H,1-2,4,7H2. The van der Waals surface area contributed by atoms with E-state index >= 15 is 0 Å². The van der Waals surface area contributed by atoms with Crippen molar-refractivity contribution >= 4 is 16.7 Å². The van der Waals surface area contributed by atoms with Crippen molar-refractivity contribution in [2.45, 2.75) is 25.7 Å². The van der Waals surface area contributed by atoms with Crippen LogP contribution in [-0.2, 0) is 6.42 Å². The monoisotopic (exact) mass is 217 g/mol. The second kappa shape index (κ2) is 3.44. The summed E-state index contributed by atoms with van der Waals surface area (Å²) in [5.74, 6) is -0.118. The number of Topliss-reactive ketones (excluding diaryl/α,β-unsaturated/α-hetero) is 1. The molecule has 1 aliphatic carbocycles. The van der Waals surface area contributed by atoms with Gasteiger partial charge < -0.3 is 4.98 Å². The maximum absolute atomic E-state index is 13.7. The van der Waals surface area contributed by atoms with Crippen molar-refractivity contribution in [3.63, 3.8) is 0 Å². The maximum atomic E-state index is 13.7. The number of fused-ring (bicyclic) bond motifs is 3. The molecule has 0 saturated carbocycles. The smallest absolute Gasteiger partial charge is 0.179 e. The SMILES string of the molecule is O=C1CCCCc2c1[nH]c1cccc(F)c21. The Labute approximate surface area is 92.5 Å². The second-order valence-electron chi connectivity index (χ2n) is 4.27. The Bertz CT molecular complexity index is 571. The zero-order valence-electron chi connectivity index (χ0n) is 8.85. The van der Waals surface area contributed by atoms with E-state index in [1.54, 1.807) is 6.07 Å². The molecule has 1 aliphatic rings. The van der Waals surface area contributed by atoms with Crippen LogP contribution in [0.25, 0.3) is 10.9 Å². The average Bonchev–Trinajstić information content (AvgIpc) is 2.56. The molecule has 0 spiro atoms. The van der Waals surface area contributed by atoms with Crippen molar-refractivity contribution in [2.24, 2.45) is 0 Å². The van der Waals surface area contributed by atoms with Gasteiger partial charge >= 0.3 is 0 Å². The van der Waals surface area contributed by atoms with E-state index in [-0.39, 0.29) is 11.6 Å². The van der Waals surface area contributed by atoms with Gasteiger partial charge in [-0.05, 0) is 37.0 Å². The van der Waals surface area contributed by atoms with Crippen LogP contribution in [0.15, 0.2) is 18.2 Å². The molecular formula is C13H12FNO. The van der Waals surface area contributed by atoms with E-state index in [0.29, 0.717) is 17.5 Å². The minimum Gasteiger partial charge on any atom is -0.352 e. The van der Waals surface area contributed by atoms with Crippen molar-refractivity contribution in [3.05, 3.63) is 35.3 Å². The van der Waals surface area contributed by atoms with E-state index in [1.165, 1.54) is 6.07 Å². The molecule has 3 heteroatoms. The molecule has 0 fully saturated rings. The number of aromatic amines is 1. The van der Waals surface area contributed by atoms with Crippen LogP contribution in [0.2, 0.25) is 0 Å². The number of aromatic nitrogens is 1. The second-order valence-corrected chi connectivity index (χ2v) is 4.27. The number of nitrogens with one attached hydrogen (secondary N) is 1. The van der Waals surface area contributed by atoms with Crippen LogP contribution in [-0.4, -0.2) is 10.8 Å². The summed E-state index contributed by atoms with van der Waals surface area (Å²) in [6.07, 6.45) is 3.22. The lowest BCUT2D eigenvalue weighted by molar-refractivity contribution is 0.0978. The molecule has 16 heavy (non-hydrogen) atoms. The highest BCUT2D eigenvalue weighted by atomic mass is 19.1. The molecule has 1 aromatic carbocycles. The molecule has 3 rings (SSSR count). The number of halogens is 1. The predicted molar refractivity (Wildman–Crippen MR) is 60.1 cm³/mol. The number of rotatable bonds is 0. The van der Waals surface area contributed by atoms with Crippen LogP contribution >= 0.6 is 0 Å². The van der Waals surface area contributed by atoms with E-state index in [4.69, 9.17) is 0 Å². The van der Waals surface area contributed by atoms with Gasteiger partial charge in [-0.25, -0.2) is 4.39 Å². The van der Waals surface area contributed by atoms with Crippen molar-refractivity contribution in [1.29, 1.82) is 0 Å². The third-order valence-corrected chi connectivity index (χ3v) is 3.24. The zero-order valence-corrected chi connectivity index (χ0v) is 8.85. The van der Waals surface area contributed by atoms with Gasteiger partial charge in [-0.1, -0.05) is 6.07 Å². The first-order chi connectivity index (χ1) is 7.77. The minimum atomic E-state index is -0.232. The lowest BCUT2D eigenvalue weighted by Crippen LogP contribution is -1.98. The van der Waals surface area contributed by atoms with Gasteiger partial charge in [0.15, 0.2) is 5.78 Å². The van der Waals surface area contributed by atoms with Crippen LogP contribution < -0.4 is 0 Å². The number of hydrogen-bond acceptors (Lipinski definition) is 1. The molecule has 1 heterocycles. The van der Waals surface area contributed by atoms with Gasteiger partial charge in [-0.15, -0.1) is 0 Å². The van der Waals surface area contributed by atoms with E-state index in [9.17, 15) is 9.18 Å². The fourth-order valence-electron chi connectivity index (χ4n) is 2.47. The molecule has 0 radical (unpaired) electrons. The third-order valence-electron chi connectivity index (χ3n) is 3.24. The van der Waals surface area contributed by atoms with Crippen molar-refractivity contribution < 1.29 is 9.18 Å². The molecule has 0 atom stereocenters. The van der Waals surface area contributed by atoms with Gasteiger partial charge in [0.1, 0.15) is 5.82 Å². The van der Waals surface area contributed by atoms with Crippen LogP contribution in [0.3, 0.4) is 0 Å². The lowest BCUT2D eigenvalue weighted by atomic mass is 10.1. The highest BCUT2D eigenvalue weighted by molar-refractivity contribution is 6.02. The van der Waals surface area contributed by atoms with Gasteiger partial charge in [-0.2, -0.15) is 0 Å². The highest BCUT2D eigenvalue weighted by Gasteiger charge is 2.21. The molecule has 0 unspecified atom stereocenters. The molecule has 1 N–H and O–H groups in total.